The van der Waals surface area contributed by atoms with E-state index in [4.69, 9.17) is 5.11 Å². The molecule has 0 saturated heterocycles. The molecule has 17 heavy (non-hydrogen) atoms. The van der Waals surface area contributed by atoms with Crippen LogP contribution in [0.25, 0.3) is 5.78 Å². The highest BCUT2D eigenvalue weighted by atomic mass is 16.4. The van der Waals surface area contributed by atoms with Gasteiger partial charge in [0.1, 0.15) is 6.10 Å². The average Bonchev–Trinajstić information content (AvgIpc) is 2.70. The number of hydrogen-bond acceptors (Lipinski definition) is 5. The molecule has 0 saturated carbocycles. The summed E-state index contributed by atoms with van der Waals surface area (Å²) in [4.78, 5) is 18.3. The molecule has 2 atom stereocenters. The first-order valence-corrected chi connectivity index (χ1v) is 4.95. The van der Waals surface area contributed by atoms with Gasteiger partial charge in [-0.2, -0.15) is 0 Å². The van der Waals surface area contributed by atoms with Gasteiger partial charge in [-0.05, 0) is 6.07 Å². The second-order valence-corrected chi connectivity index (χ2v) is 3.58. The van der Waals surface area contributed by atoms with E-state index >= 15 is 0 Å². The van der Waals surface area contributed by atoms with Gasteiger partial charge >= 0.3 is 5.97 Å². The first kappa shape index (κ1) is 11.5. The van der Waals surface area contributed by atoms with Gasteiger partial charge in [-0.3, -0.25) is 9.20 Å². The third-order valence-corrected chi connectivity index (χ3v) is 2.37. The van der Waals surface area contributed by atoms with E-state index in [9.17, 15) is 15.0 Å². The van der Waals surface area contributed by atoms with E-state index in [1.54, 1.807) is 18.5 Å². The zero-order valence-electron chi connectivity index (χ0n) is 8.76. The van der Waals surface area contributed by atoms with Crippen molar-refractivity contribution in [2.75, 3.05) is 0 Å². The van der Waals surface area contributed by atoms with E-state index < -0.39 is 24.6 Å². The molecular weight excluding hydrogens is 226 g/mol. The predicted octanol–water partition coefficient (Wildman–Crippen LogP) is -0.402. The Hall–Kier alpha value is -1.99. The summed E-state index contributed by atoms with van der Waals surface area (Å²) >= 11 is 0. The predicted molar refractivity (Wildman–Crippen MR) is 56.2 cm³/mol. The summed E-state index contributed by atoms with van der Waals surface area (Å²) in [5.74, 6) is -0.799. The normalized spacial score (nSPS) is 14.7. The number of carboxylic acid groups (broad SMARTS) is 1. The highest BCUT2D eigenvalue weighted by molar-refractivity contribution is 5.67. The topological polar surface area (TPSA) is 108 Å². The van der Waals surface area contributed by atoms with E-state index in [0.29, 0.717) is 11.5 Å². The lowest BCUT2D eigenvalue weighted by molar-refractivity contribution is -0.141. The van der Waals surface area contributed by atoms with Crippen molar-refractivity contribution < 1.29 is 20.1 Å². The van der Waals surface area contributed by atoms with Gasteiger partial charge in [-0.25, -0.2) is 9.97 Å². The van der Waals surface area contributed by atoms with Gasteiger partial charge < -0.3 is 15.3 Å². The lowest BCUT2D eigenvalue weighted by atomic mass is 10.1. The second-order valence-electron chi connectivity index (χ2n) is 3.58. The average molecular weight is 237 g/mol. The van der Waals surface area contributed by atoms with Crippen LogP contribution in [0.5, 0.6) is 0 Å². The van der Waals surface area contributed by atoms with Gasteiger partial charge in [-0.1, -0.05) is 0 Å². The van der Waals surface area contributed by atoms with Gasteiger partial charge in [0.15, 0.2) is 0 Å². The molecule has 2 unspecified atom stereocenters. The van der Waals surface area contributed by atoms with Gasteiger partial charge in [-0.15, -0.1) is 0 Å². The van der Waals surface area contributed by atoms with Crippen LogP contribution in [0, 0.1) is 0 Å². The molecule has 0 bridgehead atoms. The molecular formula is C10H11N3O4. The van der Waals surface area contributed by atoms with E-state index in [1.807, 2.05) is 0 Å². The third-order valence-electron chi connectivity index (χ3n) is 2.37. The number of aliphatic hydroxyl groups excluding tert-OH is 2. The summed E-state index contributed by atoms with van der Waals surface area (Å²) in [7, 11) is 0. The fourth-order valence-electron chi connectivity index (χ4n) is 1.55. The minimum atomic E-state index is -1.38. The molecule has 0 aliphatic carbocycles. The molecule has 0 aliphatic heterocycles. The first-order chi connectivity index (χ1) is 8.09. The Morgan fingerprint density at radius 2 is 2.18 bits per heavy atom. The zero-order valence-corrected chi connectivity index (χ0v) is 8.76. The summed E-state index contributed by atoms with van der Waals surface area (Å²) in [5, 5.41) is 27.9. The molecule has 0 fully saturated rings. The summed E-state index contributed by atoms with van der Waals surface area (Å²) in [6.07, 6.45) is 1.30. The number of aromatic nitrogens is 3. The minimum Gasteiger partial charge on any atom is -0.481 e. The number of aliphatic hydroxyl groups is 2. The van der Waals surface area contributed by atoms with Crippen LogP contribution >= 0.6 is 0 Å². The molecule has 90 valence electrons. The van der Waals surface area contributed by atoms with Crippen LogP contribution in [0.3, 0.4) is 0 Å². The Balaban J connectivity index is 2.30. The fourth-order valence-corrected chi connectivity index (χ4v) is 1.55. The third kappa shape index (κ3) is 2.24. The smallest absolute Gasteiger partial charge is 0.306 e. The Morgan fingerprint density at radius 3 is 2.88 bits per heavy atom. The SMILES string of the molecule is O=C(O)CC(O)C(O)c1cnc2ncccn12. The Bertz CT molecular complexity index is 539. The van der Waals surface area contributed by atoms with Crippen molar-refractivity contribution in [3.05, 3.63) is 30.4 Å². The molecule has 2 aromatic rings. The zero-order chi connectivity index (χ0) is 12.4. The van der Waals surface area contributed by atoms with Gasteiger partial charge in [0.25, 0.3) is 0 Å². The van der Waals surface area contributed by atoms with Crippen molar-refractivity contribution in [1.29, 1.82) is 0 Å². The van der Waals surface area contributed by atoms with Crippen molar-refractivity contribution in [3.63, 3.8) is 0 Å². The number of carbonyl (C=O) groups is 1. The highest BCUT2D eigenvalue weighted by Gasteiger charge is 2.24. The van der Waals surface area contributed by atoms with Crippen molar-refractivity contribution in [2.24, 2.45) is 0 Å². The first-order valence-electron chi connectivity index (χ1n) is 4.95. The molecule has 3 N–H and O–H groups in total. The van der Waals surface area contributed by atoms with Crippen molar-refractivity contribution >= 4 is 11.7 Å². The minimum absolute atomic E-state index is 0.307. The van der Waals surface area contributed by atoms with Crippen LogP contribution in [0.2, 0.25) is 0 Å². The monoisotopic (exact) mass is 237 g/mol. The molecule has 0 amide bonds. The number of imidazole rings is 1. The van der Waals surface area contributed by atoms with E-state index in [0.717, 1.165) is 0 Å². The summed E-state index contributed by atoms with van der Waals surface area (Å²) in [5.41, 5.74) is 0.307. The van der Waals surface area contributed by atoms with Crippen LogP contribution in [0.1, 0.15) is 18.2 Å². The van der Waals surface area contributed by atoms with Crippen LogP contribution in [-0.4, -0.2) is 41.8 Å². The molecule has 7 nitrogen and oxygen atoms in total. The van der Waals surface area contributed by atoms with E-state index in [-0.39, 0.29) is 0 Å². The van der Waals surface area contributed by atoms with Crippen LogP contribution < -0.4 is 0 Å². The van der Waals surface area contributed by atoms with Gasteiger partial charge in [0.2, 0.25) is 5.78 Å². The lowest BCUT2D eigenvalue weighted by Gasteiger charge is -2.15. The molecule has 0 aromatic carbocycles. The quantitative estimate of drug-likeness (QED) is 0.667. The second kappa shape index (κ2) is 4.48. The van der Waals surface area contributed by atoms with Crippen LogP contribution in [-0.2, 0) is 4.79 Å². The largest absolute Gasteiger partial charge is 0.481 e. The maximum atomic E-state index is 10.4. The van der Waals surface area contributed by atoms with Crippen LogP contribution in [0.15, 0.2) is 24.7 Å². The van der Waals surface area contributed by atoms with E-state index in [2.05, 4.69) is 9.97 Å². The number of nitrogens with zero attached hydrogens (tertiary/aromatic N) is 3. The lowest BCUT2D eigenvalue weighted by Crippen LogP contribution is -2.22. The van der Waals surface area contributed by atoms with Gasteiger partial charge in [0.05, 0.1) is 24.4 Å². The van der Waals surface area contributed by atoms with Gasteiger partial charge in [0, 0.05) is 12.4 Å². The summed E-state index contributed by atoms with van der Waals surface area (Å²) in [6.45, 7) is 0. The number of hydrogen-bond donors (Lipinski definition) is 3. The van der Waals surface area contributed by atoms with Crippen LogP contribution in [0.4, 0.5) is 0 Å². The molecule has 0 spiro atoms. The molecule has 7 heteroatoms. The molecule has 2 heterocycles. The summed E-state index contributed by atoms with van der Waals surface area (Å²) in [6, 6.07) is 1.65. The van der Waals surface area contributed by atoms with Crippen molar-refractivity contribution in [1.82, 2.24) is 14.4 Å². The number of rotatable bonds is 4. The molecule has 2 rings (SSSR count). The summed E-state index contributed by atoms with van der Waals surface area (Å²) < 4.78 is 1.50. The van der Waals surface area contributed by atoms with Crippen molar-refractivity contribution in [2.45, 2.75) is 18.6 Å². The van der Waals surface area contributed by atoms with Crippen molar-refractivity contribution in [3.8, 4) is 0 Å². The number of carboxylic acids is 1. The number of fused-ring (bicyclic) bond motifs is 1. The number of aliphatic carboxylic acids is 1. The fraction of sp³-hybridized carbons (Fsp3) is 0.300. The maximum Gasteiger partial charge on any atom is 0.306 e. The standard InChI is InChI=1S/C10H11N3O4/c14-7(4-8(15)16)9(17)6-5-12-10-11-2-1-3-13(6)10/h1-3,5,7,9,14,17H,4H2,(H,15,16). The highest BCUT2D eigenvalue weighted by Crippen LogP contribution is 2.19. The Labute approximate surface area is 96.0 Å². The Kier molecular flexibility index (Phi) is 3.03. The molecule has 0 aliphatic rings. The van der Waals surface area contributed by atoms with E-state index in [1.165, 1.54) is 10.6 Å². The molecule has 0 radical (unpaired) electrons. The Morgan fingerprint density at radius 1 is 1.41 bits per heavy atom. The maximum absolute atomic E-state index is 10.4. The molecule has 2 aromatic heterocycles.